The van der Waals surface area contributed by atoms with E-state index in [4.69, 9.17) is 9.47 Å². The van der Waals surface area contributed by atoms with E-state index in [2.05, 4.69) is 13.8 Å². The van der Waals surface area contributed by atoms with Gasteiger partial charge in [-0.05, 0) is 19.8 Å². The molecule has 4 heteroatoms. The summed E-state index contributed by atoms with van der Waals surface area (Å²) in [5.41, 5.74) is 0. The molecule has 202 valence electrons. The summed E-state index contributed by atoms with van der Waals surface area (Å²) in [5.74, 6) is -0.346. The summed E-state index contributed by atoms with van der Waals surface area (Å²) in [5, 5.41) is 0. The molecule has 4 nitrogen and oxygen atoms in total. The zero-order valence-electron chi connectivity index (χ0n) is 23.2. The van der Waals surface area contributed by atoms with Crippen molar-refractivity contribution in [3.63, 3.8) is 0 Å². The summed E-state index contributed by atoms with van der Waals surface area (Å²) in [6, 6.07) is 0. The largest absolute Gasteiger partial charge is 0.462 e. The highest BCUT2D eigenvalue weighted by Gasteiger charge is 2.12. The Labute approximate surface area is 212 Å². The van der Waals surface area contributed by atoms with Crippen molar-refractivity contribution in [3.05, 3.63) is 0 Å². The molecule has 0 spiro atoms. The molecule has 34 heavy (non-hydrogen) atoms. The van der Waals surface area contributed by atoms with Crippen molar-refractivity contribution < 1.29 is 19.1 Å². The van der Waals surface area contributed by atoms with E-state index in [9.17, 15) is 9.59 Å². The maximum Gasteiger partial charge on any atom is 0.306 e. The first-order valence-corrected chi connectivity index (χ1v) is 14.9. The monoisotopic (exact) mass is 482 g/mol. The fourth-order valence-electron chi connectivity index (χ4n) is 4.29. The molecule has 0 rings (SSSR count). The molecule has 0 aliphatic rings. The summed E-state index contributed by atoms with van der Waals surface area (Å²) < 4.78 is 10.7. The van der Waals surface area contributed by atoms with Gasteiger partial charge in [0.25, 0.3) is 0 Å². The molecule has 0 aromatic heterocycles. The van der Waals surface area contributed by atoms with E-state index in [0.717, 1.165) is 25.7 Å². The maximum atomic E-state index is 11.9. The number of carbonyl (C=O) groups excluding carboxylic acids is 2. The van der Waals surface area contributed by atoms with Crippen LogP contribution in [0, 0.1) is 0 Å². The Balaban J connectivity index is 3.43. The normalized spacial score (nSPS) is 12.0. The third kappa shape index (κ3) is 25.6. The highest BCUT2D eigenvalue weighted by molar-refractivity contribution is 5.70. The number of hydrogen-bond acceptors (Lipinski definition) is 4. The Morgan fingerprint density at radius 2 is 0.824 bits per heavy atom. The lowest BCUT2D eigenvalue weighted by Gasteiger charge is -2.13. The summed E-state index contributed by atoms with van der Waals surface area (Å²) in [6.07, 6.45) is 27.0. The van der Waals surface area contributed by atoms with Crippen LogP contribution in [0.5, 0.6) is 0 Å². The lowest BCUT2D eigenvalue weighted by atomic mass is 10.0. The first-order valence-electron chi connectivity index (χ1n) is 14.9. The van der Waals surface area contributed by atoms with Gasteiger partial charge in [0, 0.05) is 12.8 Å². The molecule has 0 bridgehead atoms. The number of unbranched alkanes of at least 4 members (excludes halogenated alkanes) is 19. The van der Waals surface area contributed by atoms with E-state index in [0.29, 0.717) is 12.8 Å². The van der Waals surface area contributed by atoms with Gasteiger partial charge >= 0.3 is 11.9 Å². The quantitative estimate of drug-likeness (QED) is 0.0909. The van der Waals surface area contributed by atoms with Crippen LogP contribution in [0.25, 0.3) is 0 Å². The number of rotatable bonds is 26. The van der Waals surface area contributed by atoms with E-state index in [1.54, 1.807) is 6.92 Å². The Morgan fingerprint density at radius 3 is 1.21 bits per heavy atom. The minimum Gasteiger partial charge on any atom is -0.462 e. The van der Waals surface area contributed by atoms with Crippen molar-refractivity contribution in [2.75, 3.05) is 6.61 Å². The predicted molar refractivity (Wildman–Crippen MR) is 144 cm³/mol. The van der Waals surface area contributed by atoms with Gasteiger partial charge in [-0.2, -0.15) is 0 Å². The lowest BCUT2D eigenvalue weighted by molar-refractivity contribution is -0.158. The van der Waals surface area contributed by atoms with Crippen LogP contribution in [0.1, 0.15) is 168 Å². The van der Waals surface area contributed by atoms with Gasteiger partial charge in [-0.15, -0.1) is 0 Å². The number of esters is 2. The Bertz CT molecular complexity index is 449. The molecule has 0 aromatic rings. The van der Waals surface area contributed by atoms with Crippen LogP contribution in [-0.2, 0) is 19.1 Å². The first kappa shape index (κ1) is 32.9. The highest BCUT2D eigenvalue weighted by atomic mass is 16.6. The third-order valence-corrected chi connectivity index (χ3v) is 6.53. The molecule has 0 unspecified atom stereocenters. The van der Waals surface area contributed by atoms with Crippen LogP contribution < -0.4 is 0 Å². The number of carbonyl (C=O) groups is 2. The molecular formula is C30H58O4. The number of hydrogen-bond donors (Lipinski definition) is 0. The van der Waals surface area contributed by atoms with E-state index in [1.165, 1.54) is 109 Å². The highest BCUT2D eigenvalue weighted by Crippen LogP contribution is 2.13. The predicted octanol–water partition coefficient (Wildman–Crippen LogP) is 9.47. The lowest BCUT2D eigenvalue weighted by Crippen LogP contribution is -2.22. The second-order valence-electron chi connectivity index (χ2n) is 10.2. The molecule has 0 heterocycles. The molecule has 0 aromatic carbocycles. The minimum absolute atomic E-state index is 0.167. The van der Waals surface area contributed by atoms with Gasteiger partial charge in [0.2, 0.25) is 0 Å². The molecule has 0 radical (unpaired) electrons. The van der Waals surface area contributed by atoms with Crippen molar-refractivity contribution in [1.29, 1.82) is 0 Å². The summed E-state index contributed by atoms with van der Waals surface area (Å²) in [7, 11) is 0. The SMILES string of the molecule is CCCCCCCCCCCCCCC(=O)OC[C@H](C)OC(=O)CCCCCCCCCCC. The Kier molecular flexibility index (Phi) is 25.7. The van der Waals surface area contributed by atoms with Crippen LogP contribution in [0.4, 0.5) is 0 Å². The van der Waals surface area contributed by atoms with Gasteiger partial charge in [-0.3, -0.25) is 9.59 Å². The van der Waals surface area contributed by atoms with Crippen molar-refractivity contribution in [2.24, 2.45) is 0 Å². The smallest absolute Gasteiger partial charge is 0.306 e. The van der Waals surface area contributed by atoms with Gasteiger partial charge in [0.1, 0.15) is 12.7 Å². The van der Waals surface area contributed by atoms with Crippen LogP contribution in [0.2, 0.25) is 0 Å². The van der Waals surface area contributed by atoms with Crippen LogP contribution in [-0.4, -0.2) is 24.6 Å². The molecule has 1 atom stereocenters. The molecule has 0 aliphatic carbocycles. The molecule has 0 aliphatic heterocycles. The van der Waals surface area contributed by atoms with Crippen molar-refractivity contribution >= 4 is 11.9 Å². The van der Waals surface area contributed by atoms with Gasteiger partial charge in [-0.25, -0.2) is 0 Å². The fourth-order valence-corrected chi connectivity index (χ4v) is 4.29. The Hall–Kier alpha value is -1.06. The zero-order valence-corrected chi connectivity index (χ0v) is 23.2. The van der Waals surface area contributed by atoms with Crippen molar-refractivity contribution in [2.45, 2.75) is 175 Å². The second kappa shape index (κ2) is 26.5. The molecular weight excluding hydrogens is 424 g/mol. The van der Waals surface area contributed by atoms with E-state index in [1.807, 2.05) is 0 Å². The second-order valence-corrected chi connectivity index (χ2v) is 10.2. The van der Waals surface area contributed by atoms with Gasteiger partial charge in [0.05, 0.1) is 0 Å². The van der Waals surface area contributed by atoms with Gasteiger partial charge in [0.15, 0.2) is 0 Å². The molecule has 0 amide bonds. The zero-order chi connectivity index (χ0) is 25.1. The number of ether oxygens (including phenoxy) is 2. The van der Waals surface area contributed by atoms with Gasteiger partial charge < -0.3 is 9.47 Å². The average molecular weight is 483 g/mol. The van der Waals surface area contributed by atoms with Crippen molar-refractivity contribution in [1.82, 2.24) is 0 Å². The fraction of sp³-hybridized carbons (Fsp3) is 0.933. The standard InChI is InChI=1S/C30H58O4/c1-4-6-8-10-12-14-15-16-18-19-21-23-25-29(31)33-27-28(3)34-30(32)26-24-22-20-17-13-11-9-7-5-2/h28H,4-27H2,1-3H3/t28-/m0/s1. The Morgan fingerprint density at radius 1 is 0.500 bits per heavy atom. The molecule has 0 saturated heterocycles. The van der Waals surface area contributed by atoms with Gasteiger partial charge in [-0.1, -0.05) is 136 Å². The van der Waals surface area contributed by atoms with E-state index in [-0.39, 0.29) is 24.6 Å². The molecule has 0 fully saturated rings. The van der Waals surface area contributed by atoms with E-state index < -0.39 is 0 Å². The maximum absolute atomic E-state index is 11.9. The summed E-state index contributed by atoms with van der Waals surface area (Å²) in [6.45, 7) is 6.47. The average Bonchev–Trinajstić information content (AvgIpc) is 2.82. The summed E-state index contributed by atoms with van der Waals surface area (Å²) in [4.78, 5) is 23.8. The van der Waals surface area contributed by atoms with E-state index >= 15 is 0 Å². The topological polar surface area (TPSA) is 52.6 Å². The van der Waals surface area contributed by atoms with Crippen molar-refractivity contribution in [3.8, 4) is 0 Å². The van der Waals surface area contributed by atoms with Crippen LogP contribution in [0.3, 0.4) is 0 Å². The van der Waals surface area contributed by atoms with Crippen LogP contribution in [0.15, 0.2) is 0 Å². The first-order chi connectivity index (χ1) is 16.6. The minimum atomic E-state index is -0.364. The molecule has 0 saturated carbocycles. The van der Waals surface area contributed by atoms with Crippen LogP contribution >= 0.6 is 0 Å². The molecule has 0 N–H and O–H groups in total. The summed E-state index contributed by atoms with van der Waals surface area (Å²) >= 11 is 0. The third-order valence-electron chi connectivity index (χ3n) is 6.53.